The summed E-state index contributed by atoms with van der Waals surface area (Å²) in [5, 5.41) is 2.79. The number of ether oxygens (including phenoxy) is 1. The molecule has 1 heterocycles. The summed E-state index contributed by atoms with van der Waals surface area (Å²) >= 11 is 0. The van der Waals surface area contributed by atoms with Crippen molar-refractivity contribution in [1.29, 1.82) is 0 Å². The van der Waals surface area contributed by atoms with E-state index in [1.807, 2.05) is 0 Å². The lowest BCUT2D eigenvalue weighted by Crippen LogP contribution is -2.12. The average Bonchev–Trinajstić information content (AvgIpc) is 2.53. The van der Waals surface area contributed by atoms with Crippen LogP contribution in [-0.4, -0.2) is 24.5 Å². The summed E-state index contributed by atoms with van der Waals surface area (Å²) in [5.74, 6) is 6.03. The van der Waals surface area contributed by atoms with Gasteiger partial charge in [-0.25, -0.2) is 0 Å². The van der Waals surface area contributed by atoms with Crippen LogP contribution >= 0.6 is 0 Å². The molecule has 5 heteroatoms. The van der Waals surface area contributed by atoms with E-state index in [0.29, 0.717) is 22.6 Å². The highest BCUT2D eigenvalue weighted by Gasteiger charge is 2.09. The number of nitrogens with one attached hydrogen (secondary N) is 1. The molecule has 0 aliphatic carbocycles. The van der Waals surface area contributed by atoms with Gasteiger partial charge in [-0.15, -0.1) is 0 Å². The molecule has 0 saturated heterocycles. The molecule has 0 unspecified atom stereocenters. The topological polar surface area (TPSA) is 77.2 Å². The molecule has 0 fully saturated rings. The van der Waals surface area contributed by atoms with E-state index >= 15 is 0 Å². The first-order chi connectivity index (χ1) is 10.2. The van der Waals surface area contributed by atoms with Crippen molar-refractivity contribution in [2.75, 3.05) is 19.0 Å². The first-order valence-corrected chi connectivity index (χ1v) is 6.33. The van der Waals surface area contributed by atoms with E-state index in [1.54, 1.807) is 49.8 Å². The molecule has 2 rings (SSSR count). The highest BCUT2D eigenvalue weighted by molar-refractivity contribution is 6.04. The highest BCUT2D eigenvalue weighted by atomic mass is 16.5. The highest BCUT2D eigenvalue weighted by Crippen LogP contribution is 2.19. The third-order valence-corrected chi connectivity index (χ3v) is 2.72. The number of amides is 1. The first-order valence-electron chi connectivity index (χ1n) is 6.33. The molecule has 1 amide bonds. The molecular weight excluding hydrogens is 266 g/mol. The zero-order valence-electron chi connectivity index (χ0n) is 11.6. The summed E-state index contributed by atoms with van der Waals surface area (Å²) in [6, 6.07) is 8.51. The predicted octanol–water partition coefficient (Wildman–Crippen LogP) is 1.65. The maximum Gasteiger partial charge on any atom is 0.255 e. The van der Waals surface area contributed by atoms with Crippen LogP contribution in [0.1, 0.15) is 15.9 Å². The van der Waals surface area contributed by atoms with E-state index in [0.717, 1.165) is 0 Å². The number of hydrogen-bond donors (Lipinski definition) is 2. The Labute approximate surface area is 123 Å². The maximum atomic E-state index is 12.2. The zero-order valence-corrected chi connectivity index (χ0v) is 11.6. The molecule has 106 valence electrons. The Morgan fingerprint density at radius 1 is 1.33 bits per heavy atom. The van der Waals surface area contributed by atoms with Gasteiger partial charge in [0, 0.05) is 23.6 Å². The molecule has 3 N–H and O–H groups in total. The lowest BCUT2D eigenvalue weighted by molar-refractivity contribution is 0.102. The largest absolute Gasteiger partial charge is 0.495 e. The number of aromatic nitrogens is 1. The van der Waals surface area contributed by atoms with Crippen LogP contribution < -0.4 is 15.8 Å². The SMILES string of the molecule is COc1ccc(C(=O)Nc2ccncc2)cc1C#CCN. The molecule has 0 saturated carbocycles. The fraction of sp³-hybridized carbons (Fsp3) is 0.125. The fourth-order valence-electron chi connectivity index (χ4n) is 1.73. The number of hydrogen-bond acceptors (Lipinski definition) is 4. The lowest BCUT2D eigenvalue weighted by Gasteiger charge is -2.08. The van der Waals surface area contributed by atoms with Crippen LogP contribution in [-0.2, 0) is 0 Å². The molecule has 5 nitrogen and oxygen atoms in total. The number of carbonyl (C=O) groups is 1. The van der Waals surface area contributed by atoms with E-state index in [2.05, 4.69) is 22.1 Å². The van der Waals surface area contributed by atoms with Crippen molar-refractivity contribution in [2.24, 2.45) is 5.73 Å². The van der Waals surface area contributed by atoms with E-state index in [9.17, 15) is 4.79 Å². The number of anilines is 1. The van der Waals surface area contributed by atoms with Crippen LogP contribution in [0, 0.1) is 11.8 Å². The van der Waals surface area contributed by atoms with Crippen molar-refractivity contribution in [2.45, 2.75) is 0 Å². The third kappa shape index (κ3) is 3.81. The molecule has 0 aliphatic heterocycles. The van der Waals surface area contributed by atoms with Gasteiger partial charge in [-0.3, -0.25) is 9.78 Å². The summed E-state index contributed by atoms with van der Waals surface area (Å²) < 4.78 is 5.21. The molecular formula is C16H15N3O2. The van der Waals surface area contributed by atoms with Crippen molar-refractivity contribution < 1.29 is 9.53 Å². The smallest absolute Gasteiger partial charge is 0.255 e. The maximum absolute atomic E-state index is 12.2. The van der Waals surface area contributed by atoms with Gasteiger partial charge in [0.2, 0.25) is 0 Å². The first kappa shape index (κ1) is 14.6. The quantitative estimate of drug-likeness (QED) is 0.839. The minimum absolute atomic E-state index is 0.223. The van der Waals surface area contributed by atoms with Gasteiger partial charge in [-0.05, 0) is 30.3 Å². The van der Waals surface area contributed by atoms with Gasteiger partial charge in [0.1, 0.15) is 5.75 Å². The van der Waals surface area contributed by atoms with Gasteiger partial charge in [0.05, 0.1) is 19.2 Å². The third-order valence-electron chi connectivity index (χ3n) is 2.72. The minimum atomic E-state index is -0.223. The van der Waals surface area contributed by atoms with Crippen LogP contribution in [0.5, 0.6) is 5.75 Å². The van der Waals surface area contributed by atoms with Gasteiger partial charge >= 0.3 is 0 Å². The molecule has 0 aliphatic rings. The van der Waals surface area contributed by atoms with E-state index in [-0.39, 0.29) is 12.5 Å². The van der Waals surface area contributed by atoms with Gasteiger partial charge in [0.15, 0.2) is 0 Å². The number of nitrogens with two attached hydrogens (primary N) is 1. The molecule has 0 atom stereocenters. The van der Waals surface area contributed by atoms with Gasteiger partial charge < -0.3 is 15.8 Å². The second kappa shape index (κ2) is 7.08. The Bertz CT molecular complexity index is 688. The molecule has 1 aromatic heterocycles. The molecule has 1 aromatic carbocycles. The number of pyridine rings is 1. The van der Waals surface area contributed by atoms with Crippen molar-refractivity contribution >= 4 is 11.6 Å². The monoisotopic (exact) mass is 281 g/mol. The van der Waals surface area contributed by atoms with Crippen LogP contribution in [0.2, 0.25) is 0 Å². The van der Waals surface area contributed by atoms with Crippen LogP contribution in [0.25, 0.3) is 0 Å². The predicted molar refractivity (Wildman–Crippen MR) is 81.1 cm³/mol. The zero-order chi connectivity index (χ0) is 15.1. The Hall–Kier alpha value is -2.84. The van der Waals surface area contributed by atoms with Crippen molar-refractivity contribution in [3.63, 3.8) is 0 Å². The van der Waals surface area contributed by atoms with E-state index in [4.69, 9.17) is 10.5 Å². The Morgan fingerprint density at radius 2 is 2.10 bits per heavy atom. The summed E-state index contributed by atoms with van der Waals surface area (Å²) in [6.07, 6.45) is 3.23. The second-order valence-electron chi connectivity index (χ2n) is 4.11. The van der Waals surface area contributed by atoms with Gasteiger partial charge in [0.25, 0.3) is 5.91 Å². The normalized spacial score (nSPS) is 9.43. The van der Waals surface area contributed by atoms with Crippen molar-refractivity contribution in [1.82, 2.24) is 4.98 Å². The number of rotatable bonds is 3. The summed E-state index contributed by atoms with van der Waals surface area (Å²) in [6.45, 7) is 0.247. The molecule has 21 heavy (non-hydrogen) atoms. The minimum Gasteiger partial charge on any atom is -0.495 e. The Morgan fingerprint density at radius 3 is 2.76 bits per heavy atom. The van der Waals surface area contributed by atoms with Gasteiger partial charge in [-0.1, -0.05) is 11.8 Å². The lowest BCUT2D eigenvalue weighted by atomic mass is 10.1. The fourth-order valence-corrected chi connectivity index (χ4v) is 1.73. The van der Waals surface area contributed by atoms with Gasteiger partial charge in [-0.2, -0.15) is 0 Å². The number of nitrogens with zero attached hydrogens (tertiary/aromatic N) is 1. The molecule has 2 aromatic rings. The number of methoxy groups -OCH3 is 1. The molecule has 0 spiro atoms. The molecule has 0 bridgehead atoms. The van der Waals surface area contributed by atoms with E-state index in [1.165, 1.54) is 0 Å². The summed E-state index contributed by atoms with van der Waals surface area (Å²) in [5.41, 5.74) is 7.17. The second-order valence-corrected chi connectivity index (χ2v) is 4.11. The van der Waals surface area contributed by atoms with E-state index < -0.39 is 0 Å². The van der Waals surface area contributed by atoms with Crippen LogP contribution in [0.3, 0.4) is 0 Å². The van der Waals surface area contributed by atoms with Crippen LogP contribution in [0.4, 0.5) is 5.69 Å². The number of benzene rings is 1. The van der Waals surface area contributed by atoms with Crippen LogP contribution in [0.15, 0.2) is 42.7 Å². The summed E-state index contributed by atoms with van der Waals surface area (Å²) in [4.78, 5) is 16.1. The summed E-state index contributed by atoms with van der Waals surface area (Å²) in [7, 11) is 1.56. The standard InChI is InChI=1S/C16H15N3O2/c1-21-15-5-4-13(11-12(15)3-2-8-17)16(20)19-14-6-9-18-10-7-14/h4-7,9-11H,8,17H2,1H3,(H,18,19,20). The van der Waals surface area contributed by atoms with Crippen molar-refractivity contribution in [3.05, 3.63) is 53.9 Å². The Kier molecular flexibility index (Phi) is 4.91. The molecule has 0 radical (unpaired) electrons. The average molecular weight is 281 g/mol. The number of carbonyl (C=O) groups excluding carboxylic acids is 1. The van der Waals surface area contributed by atoms with Crippen molar-refractivity contribution in [3.8, 4) is 17.6 Å². The Balaban J connectivity index is 2.25.